The maximum absolute atomic E-state index is 13.5. The van der Waals surface area contributed by atoms with Crippen molar-refractivity contribution in [2.24, 2.45) is 5.92 Å². The van der Waals surface area contributed by atoms with E-state index >= 15 is 0 Å². The molecule has 0 aromatic heterocycles. The molecule has 1 amide bonds. The molecule has 0 aliphatic carbocycles. The maximum Gasteiger partial charge on any atom is 0.248 e. The molecule has 33 heavy (non-hydrogen) atoms. The number of nitrogens with zero attached hydrogens (tertiary/aromatic N) is 2. The van der Waals surface area contributed by atoms with Gasteiger partial charge in [-0.05, 0) is 30.2 Å². The molecular formula is C24H32N2O6S. The van der Waals surface area contributed by atoms with E-state index in [9.17, 15) is 18.3 Å². The maximum atomic E-state index is 13.5. The van der Waals surface area contributed by atoms with E-state index in [1.54, 1.807) is 32.2 Å². The molecule has 0 radical (unpaired) electrons. The number of aliphatic hydroxyl groups excluding tert-OH is 1. The first-order chi connectivity index (χ1) is 15.7. The number of methoxy groups -OCH3 is 1. The number of benzene rings is 2. The highest BCUT2D eigenvalue weighted by molar-refractivity contribution is 7.89. The fourth-order valence-electron chi connectivity index (χ4n) is 3.86. The van der Waals surface area contributed by atoms with Crippen molar-refractivity contribution in [2.75, 3.05) is 40.5 Å². The van der Waals surface area contributed by atoms with Gasteiger partial charge >= 0.3 is 0 Å². The molecular weight excluding hydrogens is 444 g/mol. The van der Waals surface area contributed by atoms with Gasteiger partial charge in [0.25, 0.3) is 0 Å². The van der Waals surface area contributed by atoms with Crippen molar-refractivity contribution in [1.29, 1.82) is 0 Å². The summed E-state index contributed by atoms with van der Waals surface area (Å²) in [6.07, 6.45) is -0.468. The fraction of sp³-hybridized carbons (Fsp3) is 0.458. The summed E-state index contributed by atoms with van der Waals surface area (Å²) in [6.45, 7) is 3.63. The number of hydrogen-bond donors (Lipinski definition) is 1. The molecule has 2 aromatic carbocycles. The lowest BCUT2D eigenvalue weighted by atomic mass is 10.0. The molecule has 0 bridgehead atoms. The van der Waals surface area contributed by atoms with Gasteiger partial charge in [-0.25, -0.2) is 8.42 Å². The van der Waals surface area contributed by atoms with Crippen molar-refractivity contribution in [3.63, 3.8) is 0 Å². The van der Waals surface area contributed by atoms with Gasteiger partial charge in [-0.1, -0.05) is 43.3 Å². The van der Waals surface area contributed by atoms with Crippen LogP contribution in [0.5, 0.6) is 5.75 Å². The largest absolute Gasteiger partial charge is 0.487 e. The van der Waals surface area contributed by atoms with Crippen LogP contribution in [0.2, 0.25) is 0 Å². The van der Waals surface area contributed by atoms with Gasteiger partial charge < -0.3 is 19.5 Å². The summed E-state index contributed by atoms with van der Waals surface area (Å²) in [5, 5.41) is 9.75. The number of amides is 1. The molecule has 9 heteroatoms. The zero-order chi connectivity index (χ0) is 24.2. The Balaban J connectivity index is 2.08. The molecule has 0 saturated heterocycles. The quantitative estimate of drug-likeness (QED) is 0.658. The Labute approximate surface area is 195 Å². The molecule has 0 spiro atoms. The van der Waals surface area contributed by atoms with E-state index in [1.807, 2.05) is 37.3 Å². The number of ether oxygens (including phenoxy) is 2. The second kappa shape index (κ2) is 10.6. The van der Waals surface area contributed by atoms with Crippen LogP contribution >= 0.6 is 0 Å². The van der Waals surface area contributed by atoms with Crippen molar-refractivity contribution in [1.82, 2.24) is 9.21 Å². The van der Waals surface area contributed by atoms with Crippen molar-refractivity contribution in [3.05, 3.63) is 48.5 Å². The van der Waals surface area contributed by atoms with Crippen LogP contribution in [-0.2, 0) is 19.6 Å². The third-order valence-electron chi connectivity index (χ3n) is 5.92. The molecule has 3 rings (SSSR count). The van der Waals surface area contributed by atoms with Crippen LogP contribution in [0.4, 0.5) is 0 Å². The SMILES string of the molecule is COCC(=O)N(C)C[C@@H]1Oc2cc(-c3ccccc3)ccc2S(=O)(=O)N([C@H](C)CO)C[C@H]1C. The smallest absolute Gasteiger partial charge is 0.248 e. The topological polar surface area (TPSA) is 96.4 Å². The van der Waals surface area contributed by atoms with Crippen LogP contribution in [-0.4, -0.2) is 81.2 Å². The van der Waals surface area contributed by atoms with Gasteiger partial charge in [0.05, 0.1) is 13.2 Å². The second-order valence-electron chi connectivity index (χ2n) is 8.47. The number of fused-ring (bicyclic) bond motifs is 1. The first kappa shape index (κ1) is 25.2. The summed E-state index contributed by atoms with van der Waals surface area (Å²) in [4.78, 5) is 13.9. The number of carbonyl (C=O) groups is 1. The summed E-state index contributed by atoms with van der Waals surface area (Å²) in [5.74, 6) is -0.211. The third-order valence-corrected chi connectivity index (χ3v) is 7.94. The lowest BCUT2D eigenvalue weighted by Crippen LogP contribution is -2.50. The molecule has 2 aromatic rings. The molecule has 0 unspecified atom stereocenters. The van der Waals surface area contributed by atoms with Crippen LogP contribution in [0.25, 0.3) is 11.1 Å². The van der Waals surface area contributed by atoms with Gasteiger partial charge in [0.2, 0.25) is 15.9 Å². The lowest BCUT2D eigenvalue weighted by Gasteiger charge is -2.37. The van der Waals surface area contributed by atoms with Gasteiger partial charge in [-0.15, -0.1) is 0 Å². The minimum Gasteiger partial charge on any atom is -0.487 e. The second-order valence-corrected chi connectivity index (χ2v) is 10.3. The average molecular weight is 477 g/mol. The van der Waals surface area contributed by atoms with Crippen molar-refractivity contribution < 1.29 is 27.8 Å². The molecule has 3 atom stereocenters. The molecule has 1 heterocycles. The molecule has 180 valence electrons. The summed E-state index contributed by atoms with van der Waals surface area (Å²) >= 11 is 0. The van der Waals surface area contributed by atoms with E-state index in [1.165, 1.54) is 16.3 Å². The number of carbonyl (C=O) groups excluding carboxylic acids is 1. The Morgan fingerprint density at radius 2 is 1.94 bits per heavy atom. The van der Waals surface area contributed by atoms with E-state index in [4.69, 9.17) is 9.47 Å². The van der Waals surface area contributed by atoms with Gasteiger partial charge in [0.15, 0.2) is 0 Å². The van der Waals surface area contributed by atoms with E-state index in [0.717, 1.165) is 11.1 Å². The minimum atomic E-state index is -3.91. The zero-order valence-corrected chi connectivity index (χ0v) is 20.3. The Bertz CT molecular complexity index is 1060. The van der Waals surface area contributed by atoms with E-state index in [2.05, 4.69) is 0 Å². The van der Waals surface area contributed by atoms with Crippen molar-refractivity contribution in [2.45, 2.75) is 30.9 Å². The first-order valence-electron chi connectivity index (χ1n) is 10.9. The zero-order valence-electron chi connectivity index (χ0n) is 19.5. The number of rotatable bonds is 7. The summed E-state index contributed by atoms with van der Waals surface area (Å²) in [7, 11) is -0.787. The summed E-state index contributed by atoms with van der Waals surface area (Å²) in [5.41, 5.74) is 1.75. The number of likely N-dealkylation sites (N-methyl/N-ethyl adjacent to an activating group) is 1. The Kier molecular flexibility index (Phi) is 8.12. The van der Waals surface area contributed by atoms with E-state index in [-0.39, 0.29) is 48.8 Å². The minimum absolute atomic E-state index is 0.0465. The van der Waals surface area contributed by atoms with Gasteiger partial charge in [0.1, 0.15) is 23.4 Å². The molecule has 0 fully saturated rings. The molecule has 0 saturated carbocycles. The Hall–Kier alpha value is -2.46. The summed E-state index contributed by atoms with van der Waals surface area (Å²) in [6, 6.07) is 14.1. The lowest BCUT2D eigenvalue weighted by molar-refractivity contribution is -0.135. The molecule has 1 N–H and O–H groups in total. The van der Waals surface area contributed by atoms with Crippen LogP contribution in [0.15, 0.2) is 53.4 Å². The predicted octanol–water partition coefficient (Wildman–Crippen LogP) is 2.23. The van der Waals surface area contributed by atoms with Gasteiger partial charge in [-0.3, -0.25) is 4.79 Å². The number of hydrogen-bond acceptors (Lipinski definition) is 6. The molecule has 8 nitrogen and oxygen atoms in total. The third kappa shape index (κ3) is 5.55. The highest BCUT2D eigenvalue weighted by atomic mass is 32.2. The van der Waals surface area contributed by atoms with E-state index in [0.29, 0.717) is 0 Å². The van der Waals surface area contributed by atoms with Crippen LogP contribution in [0.3, 0.4) is 0 Å². The van der Waals surface area contributed by atoms with Crippen molar-refractivity contribution in [3.8, 4) is 16.9 Å². The first-order valence-corrected chi connectivity index (χ1v) is 12.3. The van der Waals surface area contributed by atoms with Crippen LogP contribution < -0.4 is 4.74 Å². The van der Waals surface area contributed by atoms with E-state index < -0.39 is 22.2 Å². The summed E-state index contributed by atoms with van der Waals surface area (Å²) < 4.78 is 39.7. The van der Waals surface area contributed by atoms with Crippen LogP contribution in [0.1, 0.15) is 13.8 Å². The number of aliphatic hydroxyl groups is 1. The number of sulfonamides is 1. The highest BCUT2D eigenvalue weighted by Crippen LogP contribution is 2.36. The van der Waals surface area contributed by atoms with Crippen molar-refractivity contribution >= 4 is 15.9 Å². The normalized spacial score (nSPS) is 21.2. The Morgan fingerprint density at radius 3 is 2.58 bits per heavy atom. The van der Waals surface area contributed by atoms with Gasteiger partial charge in [0, 0.05) is 32.7 Å². The molecule has 1 aliphatic heterocycles. The van der Waals surface area contributed by atoms with Gasteiger partial charge in [-0.2, -0.15) is 4.31 Å². The predicted molar refractivity (Wildman–Crippen MR) is 125 cm³/mol. The highest BCUT2D eigenvalue weighted by Gasteiger charge is 2.38. The monoisotopic (exact) mass is 476 g/mol. The van der Waals surface area contributed by atoms with Crippen LogP contribution in [0, 0.1) is 5.92 Å². The Morgan fingerprint density at radius 1 is 1.24 bits per heavy atom. The molecule has 1 aliphatic rings. The fourth-order valence-corrected chi connectivity index (χ4v) is 5.68. The average Bonchev–Trinajstić information content (AvgIpc) is 2.81. The standard InChI is InChI=1S/C24H32N2O6S/c1-17-13-26(18(2)15-27)33(29,30)23-11-10-20(19-8-6-5-7-9-19)12-21(23)32-22(17)14-25(3)24(28)16-31-4/h5-12,17-18,22,27H,13-16H2,1-4H3/t17-,18-,22+/m1/s1.